The third kappa shape index (κ3) is 5.58. The first kappa shape index (κ1) is 19.0. The lowest BCUT2D eigenvalue weighted by molar-refractivity contribution is 0.0681. The number of hydrogen-bond acceptors (Lipinski definition) is 5. The number of hydrogen-bond donors (Lipinski definition) is 1. The standard InChI is InChI=1S/C18H17BrO6/c1-2-23-9-10-24-14-6-3-12(4-7-14)18(22)25-16-8-5-13(19)11-15(16)17(20)21/h3-8,11H,2,9-10H2,1H3,(H,20,21). The Morgan fingerprint density at radius 3 is 2.44 bits per heavy atom. The minimum Gasteiger partial charge on any atom is -0.491 e. The summed E-state index contributed by atoms with van der Waals surface area (Å²) in [7, 11) is 0. The molecule has 6 nitrogen and oxygen atoms in total. The van der Waals surface area contributed by atoms with Crippen LogP contribution in [0.5, 0.6) is 11.5 Å². The SMILES string of the molecule is CCOCCOc1ccc(C(=O)Oc2ccc(Br)cc2C(=O)O)cc1. The predicted molar refractivity (Wildman–Crippen MR) is 94.5 cm³/mol. The van der Waals surface area contributed by atoms with Gasteiger partial charge in [-0.05, 0) is 49.4 Å². The number of aromatic carboxylic acids is 1. The van der Waals surface area contributed by atoms with Crippen molar-refractivity contribution in [2.45, 2.75) is 6.92 Å². The van der Waals surface area contributed by atoms with Gasteiger partial charge in [0.25, 0.3) is 0 Å². The van der Waals surface area contributed by atoms with Crippen molar-refractivity contribution in [1.82, 2.24) is 0 Å². The summed E-state index contributed by atoms with van der Waals surface area (Å²) in [6, 6.07) is 10.8. The molecular weight excluding hydrogens is 392 g/mol. The molecule has 1 N–H and O–H groups in total. The Kier molecular flexibility index (Phi) is 6.97. The Balaban J connectivity index is 2.03. The van der Waals surface area contributed by atoms with Gasteiger partial charge >= 0.3 is 11.9 Å². The molecule has 2 aromatic rings. The number of benzene rings is 2. The average molecular weight is 409 g/mol. The minimum atomic E-state index is -1.18. The third-order valence-electron chi connectivity index (χ3n) is 3.17. The van der Waals surface area contributed by atoms with Gasteiger partial charge in [-0.2, -0.15) is 0 Å². The highest BCUT2D eigenvalue weighted by molar-refractivity contribution is 9.10. The van der Waals surface area contributed by atoms with Gasteiger partial charge in [-0.15, -0.1) is 0 Å². The Bertz CT molecular complexity index is 742. The third-order valence-corrected chi connectivity index (χ3v) is 3.66. The van der Waals surface area contributed by atoms with Crippen LogP contribution >= 0.6 is 15.9 Å². The molecule has 0 radical (unpaired) electrons. The van der Waals surface area contributed by atoms with E-state index < -0.39 is 11.9 Å². The number of esters is 1. The van der Waals surface area contributed by atoms with E-state index in [1.807, 2.05) is 6.92 Å². The molecule has 7 heteroatoms. The van der Waals surface area contributed by atoms with E-state index in [9.17, 15) is 14.7 Å². The summed E-state index contributed by atoms with van der Waals surface area (Å²) in [6.07, 6.45) is 0. The van der Waals surface area contributed by atoms with E-state index in [-0.39, 0.29) is 16.9 Å². The molecule has 0 unspecified atom stereocenters. The summed E-state index contributed by atoms with van der Waals surface area (Å²) < 4.78 is 16.4. The Morgan fingerprint density at radius 1 is 1.08 bits per heavy atom. The first-order chi connectivity index (χ1) is 12.0. The van der Waals surface area contributed by atoms with Crippen molar-refractivity contribution in [2.24, 2.45) is 0 Å². The number of carbonyl (C=O) groups excluding carboxylic acids is 1. The number of ether oxygens (including phenoxy) is 3. The molecule has 0 saturated carbocycles. The molecule has 0 aliphatic rings. The smallest absolute Gasteiger partial charge is 0.343 e. The van der Waals surface area contributed by atoms with Gasteiger partial charge in [0, 0.05) is 11.1 Å². The zero-order chi connectivity index (χ0) is 18.2. The summed E-state index contributed by atoms with van der Waals surface area (Å²) in [5, 5.41) is 9.19. The maximum absolute atomic E-state index is 12.2. The molecule has 0 spiro atoms. The topological polar surface area (TPSA) is 82.1 Å². The molecule has 0 bridgehead atoms. The zero-order valence-electron chi connectivity index (χ0n) is 13.5. The normalized spacial score (nSPS) is 10.3. The van der Waals surface area contributed by atoms with Crippen LogP contribution in [-0.2, 0) is 4.74 Å². The number of carboxylic acid groups (broad SMARTS) is 1. The lowest BCUT2D eigenvalue weighted by Gasteiger charge is -2.09. The Labute approximate surface area is 153 Å². The van der Waals surface area contributed by atoms with Crippen LogP contribution < -0.4 is 9.47 Å². The molecule has 0 aliphatic heterocycles. The average Bonchev–Trinajstić information content (AvgIpc) is 2.60. The van der Waals surface area contributed by atoms with E-state index in [2.05, 4.69) is 15.9 Å². The van der Waals surface area contributed by atoms with Crippen LogP contribution in [0.1, 0.15) is 27.6 Å². The lowest BCUT2D eigenvalue weighted by atomic mass is 10.2. The summed E-state index contributed by atoms with van der Waals surface area (Å²) >= 11 is 3.19. The molecule has 2 rings (SSSR count). The van der Waals surface area contributed by atoms with Crippen molar-refractivity contribution in [3.8, 4) is 11.5 Å². The molecule has 0 heterocycles. The van der Waals surface area contributed by atoms with E-state index in [4.69, 9.17) is 14.2 Å². The van der Waals surface area contributed by atoms with Gasteiger partial charge in [0.1, 0.15) is 23.7 Å². The number of carbonyl (C=O) groups is 2. The minimum absolute atomic E-state index is 0.0160. The second kappa shape index (κ2) is 9.19. The van der Waals surface area contributed by atoms with Gasteiger partial charge in [0.2, 0.25) is 0 Å². The van der Waals surface area contributed by atoms with Crippen LogP contribution in [0.3, 0.4) is 0 Å². The first-order valence-corrected chi connectivity index (χ1v) is 8.36. The van der Waals surface area contributed by atoms with Crippen LogP contribution in [0.2, 0.25) is 0 Å². The zero-order valence-corrected chi connectivity index (χ0v) is 15.1. The Hall–Kier alpha value is -2.38. The molecule has 0 fully saturated rings. The number of halogens is 1. The van der Waals surface area contributed by atoms with E-state index in [0.717, 1.165) is 0 Å². The molecule has 0 atom stereocenters. The van der Waals surface area contributed by atoms with Gasteiger partial charge in [-0.1, -0.05) is 15.9 Å². The lowest BCUT2D eigenvalue weighted by Crippen LogP contribution is -2.11. The van der Waals surface area contributed by atoms with E-state index in [1.165, 1.54) is 12.1 Å². The Morgan fingerprint density at radius 2 is 1.80 bits per heavy atom. The highest BCUT2D eigenvalue weighted by Gasteiger charge is 2.16. The van der Waals surface area contributed by atoms with Crippen LogP contribution in [0.15, 0.2) is 46.9 Å². The van der Waals surface area contributed by atoms with Crippen molar-refractivity contribution in [3.63, 3.8) is 0 Å². The second-order valence-corrected chi connectivity index (χ2v) is 5.82. The van der Waals surface area contributed by atoms with Gasteiger partial charge in [-0.25, -0.2) is 9.59 Å². The van der Waals surface area contributed by atoms with E-state index in [0.29, 0.717) is 30.0 Å². The molecule has 0 aliphatic carbocycles. The van der Waals surface area contributed by atoms with Gasteiger partial charge in [0.15, 0.2) is 0 Å². The molecule has 0 aromatic heterocycles. The fourth-order valence-corrected chi connectivity index (χ4v) is 2.33. The quantitative estimate of drug-likeness (QED) is 0.406. The van der Waals surface area contributed by atoms with Crippen molar-refractivity contribution < 1.29 is 28.9 Å². The monoisotopic (exact) mass is 408 g/mol. The van der Waals surface area contributed by atoms with Gasteiger partial charge < -0.3 is 19.3 Å². The molecule has 0 saturated heterocycles. The maximum Gasteiger partial charge on any atom is 0.343 e. The van der Waals surface area contributed by atoms with Crippen molar-refractivity contribution in [2.75, 3.05) is 19.8 Å². The fourth-order valence-electron chi connectivity index (χ4n) is 1.97. The summed E-state index contributed by atoms with van der Waals surface area (Å²) in [5.41, 5.74) is 0.190. The maximum atomic E-state index is 12.2. The van der Waals surface area contributed by atoms with Crippen molar-refractivity contribution in [3.05, 3.63) is 58.1 Å². The van der Waals surface area contributed by atoms with E-state index in [1.54, 1.807) is 30.3 Å². The molecule has 2 aromatic carbocycles. The van der Waals surface area contributed by atoms with Crippen molar-refractivity contribution in [1.29, 1.82) is 0 Å². The van der Waals surface area contributed by atoms with Crippen LogP contribution in [0.25, 0.3) is 0 Å². The number of carboxylic acids is 1. The van der Waals surface area contributed by atoms with Gasteiger partial charge in [-0.3, -0.25) is 0 Å². The van der Waals surface area contributed by atoms with Gasteiger partial charge in [0.05, 0.1) is 12.2 Å². The number of rotatable bonds is 8. The van der Waals surface area contributed by atoms with Crippen LogP contribution in [0.4, 0.5) is 0 Å². The first-order valence-electron chi connectivity index (χ1n) is 7.57. The molecule has 25 heavy (non-hydrogen) atoms. The largest absolute Gasteiger partial charge is 0.491 e. The predicted octanol–water partition coefficient (Wildman–Crippen LogP) is 3.78. The highest BCUT2D eigenvalue weighted by Crippen LogP contribution is 2.24. The summed E-state index contributed by atoms with van der Waals surface area (Å²) in [5.74, 6) is -1.24. The van der Waals surface area contributed by atoms with Crippen LogP contribution in [0, 0.1) is 0 Å². The molecule has 0 amide bonds. The molecule has 132 valence electrons. The summed E-state index contributed by atoms with van der Waals surface area (Å²) in [4.78, 5) is 23.4. The van der Waals surface area contributed by atoms with Crippen LogP contribution in [-0.4, -0.2) is 36.9 Å². The second-order valence-electron chi connectivity index (χ2n) is 4.90. The van der Waals surface area contributed by atoms with E-state index >= 15 is 0 Å². The highest BCUT2D eigenvalue weighted by atomic mass is 79.9. The fraction of sp³-hybridized carbons (Fsp3) is 0.222. The summed E-state index contributed by atoms with van der Waals surface area (Å²) in [6.45, 7) is 3.43. The molecular formula is C18H17BrO6. The van der Waals surface area contributed by atoms with Crippen molar-refractivity contribution >= 4 is 27.9 Å².